The van der Waals surface area contributed by atoms with Crippen molar-refractivity contribution in [3.63, 3.8) is 0 Å². The van der Waals surface area contributed by atoms with E-state index < -0.39 is 23.6 Å². The number of halogens is 1. The highest BCUT2D eigenvalue weighted by Crippen LogP contribution is 2.23. The summed E-state index contributed by atoms with van der Waals surface area (Å²) < 4.78 is 20.3. The third-order valence-electron chi connectivity index (χ3n) is 6.68. The summed E-state index contributed by atoms with van der Waals surface area (Å²) in [4.78, 5) is 41.1. The van der Waals surface area contributed by atoms with Crippen LogP contribution in [0.25, 0.3) is 11.4 Å². The molecular formula is C29H36FN7O4. The molecule has 11 nitrogen and oxygen atoms in total. The van der Waals surface area contributed by atoms with Crippen LogP contribution in [0.15, 0.2) is 48.5 Å². The molecule has 0 unspecified atom stereocenters. The van der Waals surface area contributed by atoms with Crippen molar-refractivity contribution in [3.8, 4) is 11.4 Å². The molecule has 1 aliphatic heterocycles. The van der Waals surface area contributed by atoms with Gasteiger partial charge in [-0.1, -0.05) is 24.3 Å². The summed E-state index contributed by atoms with van der Waals surface area (Å²) in [7, 11) is 1.71. The van der Waals surface area contributed by atoms with Gasteiger partial charge < -0.3 is 20.3 Å². The van der Waals surface area contributed by atoms with Gasteiger partial charge in [0.15, 0.2) is 5.82 Å². The smallest absolute Gasteiger partial charge is 0.329 e. The quantitative estimate of drug-likeness (QED) is 0.398. The molecule has 3 aromatic rings. The monoisotopic (exact) mass is 565 g/mol. The molecular weight excluding hydrogens is 529 g/mol. The summed E-state index contributed by atoms with van der Waals surface area (Å²) in [5.41, 5.74) is 1.35. The number of likely N-dealkylation sites (tertiary alicyclic amines) is 1. The zero-order valence-electron chi connectivity index (χ0n) is 23.8. The van der Waals surface area contributed by atoms with Crippen LogP contribution in [0.2, 0.25) is 0 Å². The largest absolute Gasteiger partial charge is 0.458 e. The number of rotatable bonds is 8. The number of urea groups is 1. The van der Waals surface area contributed by atoms with Crippen LogP contribution in [0, 0.1) is 11.7 Å². The summed E-state index contributed by atoms with van der Waals surface area (Å²) in [6.07, 6.45) is 2.25. The Hall–Kier alpha value is -4.35. The van der Waals surface area contributed by atoms with Crippen molar-refractivity contribution < 1.29 is 23.5 Å². The van der Waals surface area contributed by atoms with Gasteiger partial charge in [-0.25, -0.2) is 18.7 Å². The van der Waals surface area contributed by atoms with E-state index in [1.165, 1.54) is 16.8 Å². The van der Waals surface area contributed by atoms with Crippen LogP contribution >= 0.6 is 0 Å². The average Bonchev–Trinajstić information content (AvgIpc) is 3.34. The van der Waals surface area contributed by atoms with E-state index in [1.54, 1.807) is 69.1 Å². The van der Waals surface area contributed by atoms with Crippen molar-refractivity contribution >= 4 is 23.6 Å². The molecule has 1 aliphatic rings. The highest BCUT2D eigenvalue weighted by Gasteiger charge is 2.32. The molecule has 2 aromatic carbocycles. The first-order valence-corrected chi connectivity index (χ1v) is 13.6. The molecule has 2 N–H and O–H groups in total. The first kappa shape index (κ1) is 29.6. The maximum Gasteiger partial charge on any atom is 0.329 e. The van der Waals surface area contributed by atoms with Gasteiger partial charge in [-0.3, -0.25) is 4.79 Å². The van der Waals surface area contributed by atoms with Crippen LogP contribution in [0.3, 0.4) is 0 Å². The van der Waals surface area contributed by atoms with Crippen LogP contribution in [-0.2, 0) is 27.8 Å². The zero-order valence-corrected chi connectivity index (χ0v) is 23.8. The standard InChI is InChI=1S/C29H36FN7O4/c1-29(2,3)41-27(39)24(32-28(40)31-23-9-5-8-21(16-23)26-33-34-35-36(26)4)17-25(38)37-14-6-7-20(18-37)15-19-10-12-22(30)13-11-19/h5,8-13,16,20,24H,6-7,14-15,17-18H2,1-4H3,(H2,31,32,40)/t20-,24-/m0/s1. The highest BCUT2D eigenvalue weighted by atomic mass is 19.1. The van der Waals surface area contributed by atoms with Crippen LogP contribution < -0.4 is 10.6 Å². The van der Waals surface area contributed by atoms with Crippen LogP contribution in [0.5, 0.6) is 0 Å². The number of hydrogen-bond acceptors (Lipinski definition) is 7. The molecule has 1 aromatic heterocycles. The second-order valence-electron chi connectivity index (χ2n) is 11.3. The van der Waals surface area contributed by atoms with Crippen molar-refractivity contribution in [1.29, 1.82) is 0 Å². The number of nitrogens with one attached hydrogen (secondary N) is 2. The predicted octanol–water partition coefficient (Wildman–Crippen LogP) is 3.72. The van der Waals surface area contributed by atoms with Crippen LogP contribution in [0.4, 0.5) is 14.9 Å². The number of esters is 1. The molecule has 3 amide bonds. The zero-order chi connectivity index (χ0) is 29.6. The number of carbonyl (C=O) groups is 3. The van der Waals surface area contributed by atoms with Gasteiger partial charge in [-0.15, -0.1) is 5.10 Å². The van der Waals surface area contributed by atoms with E-state index in [9.17, 15) is 18.8 Å². The minimum Gasteiger partial charge on any atom is -0.458 e. The predicted molar refractivity (Wildman–Crippen MR) is 150 cm³/mol. The third-order valence-corrected chi connectivity index (χ3v) is 6.68. The van der Waals surface area contributed by atoms with Crippen molar-refractivity contribution in [2.24, 2.45) is 13.0 Å². The highest BCUT2D eigenvalue weighted by molar-refractivity contribution is 5.95. The van der Waals surface area contributed by atoms with Gasteiger partial charge in [-0.2, -0.15) is 0 Å². The molecule has 2 heterocycles. The molecule has 0 spiro atoms. The number of ether oxygens (including phenoxy) is 1. The van der Waals surface area contributed by atoms with Crippen LogP contribution in [-0.4, -0.2) is 67.7 Å². The van der Waals surface area contributed by atoms with Gasteiger partial charge in [0, 0.05) is 31.4 Å². The van der Waals surface area contributed by atoms with E-state index in [0.29, 0.717) is 30.2 Å². The number of piperidine rings is 1. The summed E-state index contributed by atoms with van der Waals surface area (Å²) in [5, 5.41) is 16.8. The van der Waals surface area contributed by atoms with Crippen molar-refractivity contribution in [3.05, 3.63) is 59.9 Å². The topological polar surface area (TPSA) is 131 Å². The number of nitrogens with zero attached hydrogens (tertiary/aromatic N) is 5. The SMILES string of the molecule is Cn1nnnc1-c1cccc(NC(=O)N[C@@H](CC(=O)N2CCC[C@@H](Cc3ccc(F)cc3)C2)C(=O)OC(C)(C)C)c1. The number of aromatic nitrogens is 4. The second-order valence-corrected chi connectivity index (χ2v) is 11.3. The lowest BCUT2D eigenvalue weighted by Gasteiger charge is -2.34. The Morgan fingerprint density at radius 3 is 2.59 bits per heavy atom. The molecule has 0 aliphatic carbocycles. The number of amides is 3. The van der Waals surface area contributed by atoms with E-state index in [1.807, 2.05) is 0 Å². The number of tetrazole rings is 1. The molecule has 12 heteroatoms. The fraction of sp³-hybridized carbons (Fsp3) is 0.448. The fourth-order valence-electron chi connectivity index (χ4n) is 4.82. The number of benzene rings is 2. The molecule has 41 heavy (non-hydrogen) atoms. The van der Waals surface area contributed by atoms with E-state index >= 15 is 0 Å². The normalized spacial score (nSPS) is 16.1. The Kier molecular flexibility index (Phi) is 9.31. The third kappa shape index (κ3) is 8.57. The Morgan fingerprint density at radius 2 is 1.90 bits per heavy atom. The maximum absolute atomic E-state index is 13.3. The van der Waals surface area contributed by atoms with Crippen molar-refractivity contribution in [2.45, 2.75) is 58.1 Å². The minimum atomic E-state index is -1.19. The van der Waals surface area contributed by atoms with E-state index in [0.717, 1.165) is 24.8 Å². The second kappa shape index (κ2) is 12.9. The summed E-state index contributed by atoms with van der Waals surface area (Å²) >= 11 is 0. The van der Waals surface area contributed by atoms with Gasteiger partial charge in [0.2, 0.25) is 5.91 Å². The van der Waals surface area contributed by atoms with Crippen LogP contribution in [0.1, 0.15) is 45.6 Å². The number of aryl methyl sites for hydroxylation is 1. The Bertz CT molecular complexity index is 1370. The minimum absolute atomic E-state index is 0.214. The first-order valence-electron chi connectivity index (χ1n) is 13.6. The van der Waals surface area contributed by atoms with E-state index in [-0.39, 0.29) is 24.1 Å². The molecule has 0 radical (unpaired) electrons. The Labute approximate surface area is 238 Å². The Morgan fingerprint density at radius 1 is 1.15 bits per heavy atom. The van der Waals surface area contributed by atoms with Crippen molar-refractivity contribution in [2.75, 3.05) is 18.4 Å². The van der Waals surface area contributed by atoms with Gasteiger partial charge in [0.05, 0.1) is 6.42 Å². The molecule has 2 atom stereocenters. The number of carbonyl (C=O) groups excluding carboxylic acids is 3. The lowest BCUT2D eigenvalue weighted by atomic mass is 9.91. The summed E-state index contributed by atoms with van der Waals surface area (Å²) in [5.74, 6) is -0.493. The summed E-state index contributed by atoms with van der Waals surface area (Å²) in [6.45, 7) is 6.26. The first-order chi connectivity index (χ1) is 19.5. The van der Waals surface area contributed by atoms with Crippen molar-refractivity contribution in [1.82, 2.24) is 30.4 Å². The van der Waals surface area contributed by atoms with Gasteiger partial charge in [0.25, 0.3) is 0 Å². The molecule has 1 saturated heterocycles. The lowest BCUT2D eigenvalue weighted by Crippen LogP contribution is -2.50. The summed E-state index contributed by atoms with van der Waals surface area (Å²) in [6, 6.07) is 11.5. The van der Waals surface area contributed by atoms with Gasteiger partial charge >= 0.3 is 12.0 Å². The number of hydrogen-bond donors (Lipinski definition) is 2. The number of anilines is 1. The molecule has 0 saturated carbocycles. The average molecular weight is 566 g/mol. The Balaban J connectivity index is 1.41. The van der Waals surface area contributed by atoms with Gasteiger partial charge in [0.1, 0.15) is 17.5 Å². The lowest BCUT2D eigenvalue weighted by molar-refractivity contribution is -0.159. The molecule has 4 rings (SSSR count). The molecule has 0 bridgehead atoms. The molecule has 218 valence electrons. The van der Waals surface area contributed by atoms with E-state index in [2.05, 4.69) is 26.2 Å². The maximum atomic E-state index is 13.3. The van der Waals surface area contributed by atoms with E-state index in [4.69, 9.17) is 4.74 Å². The van der Waals surface area contributed by atoms with Gasteiger partial charge in [-0.05, 0) is 86.2 Å². The fourth-order valence-corrected chi connectivity index (χ4v) is 4.82. The molecule has 1 fully saturated rings.